The first-order valence-corrected chi connectivity index (χ1v) is 8.49. The van der Waals surface area contributed by atoms with Gasteiger partial charge in [-0.25, -0.2) is 9.59 Å². The molecule has 5 nitrogen and oxygen atoms in total. The van der Waals surface area contributed by atoms with Crippen molar-refractivity contribution in [3.8, 4) is 0 Å². The van der Waals surface area contributed by atoms with Crippen LogP contribution < -0.4 is 0 Å². The maximum Gasteiger partial charge on any atom is 0.376 e. The van der Waals surface area contributed by atoms with Crippen LogP contribution in [0.4, 0.5) is 0 Å². The van der Waals surface area contributed by atoms with E-state index in [1.54, 1.807) is 0 Å². The third-order valence-corrected chi connectivity index (χ3v) is 3.49. The summed E-state index contributed by atoms with van der Waals surface area (Å²) in [6.45, 7) is 4.52. The maximum atomic E-state index is 11.6. The summed E-state index contributed by atoms with van der Waals surface area (Å²) >= 11 is 5.65. The number of Topliss-reactive ketones (excluding diaryl/α,β-unsaturated/α-hetero) is 1. The van der Waals surface area contributed by atoms with Crippen LogP contribution in [0.1, 0.15) is 65.2 Å². The van der Waals surface area contributed by atoms with Crippen LogP contribution >= 0.6 is 11.6 Å². The van der Waals surface area contributed by atoms with Crippen molar-refractivity contribution in [1.82, 2.24) is 0 Å². The molecule has 0 fully saturated rings. The summed E-state index contributed by atoms with van der Waals surface area (Å²) in [5.74, 6) is -3.01. The molecule has 128 valence electrons. The number of hydrogen-bond donors (Lipinski definition) is 0. The van der Waals surface area contributed by atoms with Crippen LogP contribution in [0.25, 0.3) is 0 Å². The third-order valence-electron chi connectivity index (χ3n) is 3.11. The molecule has 0 aromatic heterocycles. The smallest absolute Gasteiger partial charge is 0.376 e. The van der Waals surface area contributed by atoms with Crippen molar-refractivity contribution in [3.63, 3.8) is 0 Å². The number of carbonyl (C=O) groups is 3. The van der Waals surface area contributed by atoms with E-state index in [1.165, 1.54) is 0 Å². The molecule has 1 unspecified atom stereocenters. The van der Waals surface area contributed by atoms with Gasteiger partial charge in [0.05, 0.1) is 13.2 Å². The van der Waals surface area contributed by atoms with E-state index >= 15 is 0 Å². The Kier molecular flexibility index (Phi) is 12.9. The van der Waals surface area contributed by atoms with Gasteiger partial charge in [-0.3, -0.25) is 4.79 Å². The molecule has 0 amide bonds. The normalized spacial score (nSPS) is 11.8. The zero-order valence-electron chi connectivity index (χ0n) is 13.6. The second-order valence-electron chi connectivity index (χ2n) is 5.15. The van der Waals surface area contributed by atoms with Crippen LogP contribution in [-0.2, 0) is 23.9 Å². The number of carbonyl (C=O) groups excluding carboxylic acids is 3. The minimum Gasteiger partial charge on any atom is -0.464 e. The third kappa shape index (κ3) is 9.77. The average molecular weight is 335 g/mol. The molecule has 0 radical (unpaired) electrons. The first-order chi connectivity index (χ1) is 10.5. The fourth-order valence-corrected chi connectivity index (χ4v) is 1.90. The summed E-state index contributed by atoms with van der Waals surface area (Å²) in [7, 11) is 0. The standard InChI is InChI=1S/C16H27ClO5/c1-3-5-7-9-11-21-15(19)13(17)14(18)16(20)22-12-10-8-6-4-2/h13H,3-12H2,1-2H3. The van der Waals surface area contributed by atoms with Crippen molar-refractivity contribution in [2.45, 2.75) is 70.6 Å². The quantitative estimate of drug-likeness (QED) is 0.170. The van der Waals surface area contributed by atoms with Crippen molar-refractivity contribution >= 4 is 29.3 Å². The predicted octanol–water partition coefficient (Wildman–Crippen LogP) is 3.41. The zero-order valence-corrected chi connectivity index (χ0v) is 14.3. The lowest BCUT2D eigenvalue weighted by molar-refractivity contribution is -0.157. The Hall–Kier alpha value is -1.10. The number of hydrogen-bond acceptors (Lipinski definition) is 5. The average Bonchev–Trinajstić information content (AvgIpc) is 2.52. The molecule has 0 saturated heterocycles. The summed E-state index contributed by atoms with van der Waals surface area (Å²) in [5.41, 5.74) is 0. The van der Waals surface area contributed by atoms with E-state index < -0.39 is 23.1 Å². The van der Waals surface area contributed by atoms with Gasteiger partial charge in [-0.2, -0.15) is 0 Å². The minimum atomic E-state index is -1.62. The van der Waals surface area contributed by atoms with E-state index in [9.17, 15) is 14.4 Å². The molecule has 0 saturated carbocycles. The molecule has 0 aliphatic rings. The molecule has 0 N–H and O–H groups in total. The Balaban J connectivity index is 3.91. The molecule has 0 aliphatic heterocycles. The van der Waals surface area contributed by atoms with Gasteiger partial charge in [-0.05, 0) is 12.8 Å². The SMILES string of the molecule is CCCCCCOC(=O)C(=O)C(Cl)C(=O)OCCCCCC. The Bertz CT molecular complexity index is 343. The van der Waals surface area contributed by atoms with Crippen molar-refractivity contribution in [2.24, 2.45) is 0 Å². The highest BCUT2D eigenvalue weighted by Gasteiger charge is 2.32. The van der Waals surface area contributed by atoms with Crippen LogP contribution in [-0.4, -0.2) is 36.3 Å². The van der Waals surface area contributed by atoms with Gasteiger partial charge in [0.25, 0.3) is 5.78 Å². The highest BCUT2D eigenvalue weighted by molar-refractivity contribution is 6.54. The van der Waals surface area contributed by atoms with Crippen LogP contribution in [0.3, 0.4) is 0 Å². The van der Waals surface area contributed by atoms with E-state index in [2.05, 4.69) is 13.8 Å². The monoisotopic (exact) mass is 334 g/mol. The van der Waals surface area contributed by atoms with Crippen molar-refractivity contribution < 1.29 is 23.9 Å². The Morgan fingerprint density at radius 3 is 1.82 bits per heavy atom. The summed E-state index contributed by atoms with van der Waals surface area (Å²) in [6, 6.07) is 0. The highest BCUT2D eigenvalue weighted by Crippen LogP contribution is 2.06. The molecule has 0 spiro atoms. The Labute approximate surface area is 137 Å². The van der Waals surface area contributed by atoms with Crippen LogP contribution in [0.2, 0.25) is 0 Å². The molecule has 0 aliphatic carbocycles. The van der Waals surface area contributed by atoms with Gasteiger partial charge < -0.3 is 9.47 Å². The molecule has 0 aromatic rings. The summed E-state index contributed by atoms with van der Waals surface area (Å²) in [6.07, 6.45) is 7.56. The number of ether oxygens (including phenoxy) is 2. The second-order valence-corrected chi connectivity index (χ2v) is 5.59. The molecule has 0 heterocycles. The van der Waals surface area contributed by atoms with E-state index in [1.807, 2.05) is 0 Å². The van der Waals surface area contributed by atoms with Crippen molar-refractivity contribution in [2.75, 3.05) is 13.2 Å². The second kappa shape index (κ2) is 13.6. The Morgan fingerprint density at radius 1 is 0.818 bits per heavy atom. The van der Waals surface area contributed by atoms with Crippen molar-refractivity contribution in [3.05, 3.63) is 0 Å². The fraction of sp³-hybridized carbons (Fsp3) is 0.812. The van der Waals surface area contributed by atoms with Crippen molar-refractivity contribution in [1.29, 1.82) is 0 Å². The zero-order chi connectivity index (χ0) is 16.8. The summed E-state index contributed by atoms with van der Waals surface area (Å²) in [4.78, 5) is 34.7. The molecule has 0 aromatic carbocycles. The number of esters is 2. The van der Waals surface area contributed by atoms with Gasteiger partial charge in [-0.1, -0.05) is 52.4 Å². The van der Waals surface area contributed by atoms with Gasteiger partial charge in [0.2, 0.25) is 5.38 Å². The highest BCUT2D eigenvalue weighted by atomic mass is 35.5. The number of unbranched alkanes of at least 4 members (excludes halogenated alkanes) is 6. The minimum absolute atomic E-state index is 0.167. The molecule has 0 rings (SSSR count). The van der Waals surface area contributed by atoms with E-state index in [0.717, 1.165) is 44.9 Å². The van der Waals surface area contributed by atoms with Gasteiger partial charge in [0, 0.05) is 0 Å². The topological polar surface area (TPSA) is 69.7 Å². The van der Waals surface area contributed by atoms with Gasteiger partial charge in [0.1, 0.15) is 0 Å². The lowest BCUT2D eigenvalue weighted by Gasteiger charge is -2.09. The largest absolute Gasteiger partial charge is 0.464 e. The van der Waals surface area contributed by atoms with Crippen LogP contribution in [0, 0.1) is 0 Å². The maximum absolute atomic E-state index is 11.6. The Morgan fingerprint density at radius 2 is 1.32 bits per heavy atom. The summed E-state index contributed by atoms with van der Waals surface area (Å²) < 4.78 is 9.68. The predicted molar refractivity (Wildman–Crippen MR) is 84.9 cm³/mol. The number of rotatable bonds is 13. The van der Waals surface area contributed by atoms with Crippen LogP contribution in [0.5, 0.6) is 0 Å². The van der Waals surface area contributed by atoms with Gasteiger partial charge >= 0.3 is 11.9 Å². The first-order valence-electron chi connectivity index (χ1n) is 8.06. The summed E-state index contributed by atoms with van der Waals surface area (Å²) in [5, 5.41) is -1.62. The molecule has 0 bridgehead atoms. The molecular formula is C16H27ClO5. The van der Waals surface area contributed by atoms with E-state index in [-0.39, 0.29) is 13.2 Å². The fourth-order valence-electron chi connectivity index (χ4n) is 1.75. The number of halogens is 1. The molecule has 1 atom stereocenters. The lowest BCUT2D eigenvalue weighted by atomic mass is 10.2. The first kappa shape index (κ1) is 20.9. The van der Waals surface area contributed by atoms with Gasteiger partial charge in [0.15, 0.2) is 0 Å². The van der Waals surface area contributed by atoms with E-state index in [4.69, 9.17) is 21.1 Å². The number of ketones is 1. The lowest BCUT2D eigenvalue weighted by Crippen LogP contribution is -2.34. The molecule has 22 heavy (non-hydrogen) atoms. The van der Waals surface area contributed by atoms with E-state index in [0.29, 0.717) is 6.42 Å². The number of alkyl halides is 1. The molecule has 6 heteroatoms. The molecular weight excluding hydrogens is 308 g/mol. The van der Waals surface area contributed by atoms with Crippen LogP contribution in [0.15, 0.2) is 0 Å². The van der Waals surface area contributed by atoms with Gasteiger partial charge in [-0.15, -0.1) is 11.6 Å².